The first-order valence-electron chi connectivity index (χ1n) is 6.98. The van der Waals surface area contributed by atoms with Crippen molar-refractivity contribution in [1.82, 2.24) is 15.5 Å². The number of benzene rings is 1. The standard InChI is InChI=1S/C16H12Cl2N4O2/c17-10-3-4-13(12(18)8-10)20-15-6-5-14(21-22-15)16(23)19-9-11-2-1-7-24-11/h1-8H,9H2,(H,19,23)(H,20,22). The van der Waals surface area contributed by atoms with E-state index in [9.17, 15) is 4.79 Å². The van der Waals surface area contributed by atoms with Gasteiger partial charge in [-0.1, -0.05) is 23.2 Å². The van der Waals surface area contributed by atoms with Crippen LogP contribution in [0.25, 0.3) is 0 Å². The minimum Gasteiger partial charge on any atom is -0.467 e. The zero-order valence-corrected chi connectivity index (χ0v) is 13.8. The molecule has 0 atom stereocenters. The summed E-state index contributed by atoms with van der Waals surface area (Å²) >= 11 is 11.9. The van der Waals surface area contributed by atoms with Crippen LogP contribution in [0.4, 0.5) is 11.5 Å². The van der Waals surface area contributed by atoms with Gasteiger partial charge in [0.1, 0.15) is 5.76 Å². The molecule has 6 nitrogen and oxygen atoms in total. The molecule has 2 heterocycles. The molecule has 0 aliphatic heterocycles. The van der Waals surface area contributed by atoms with E-state index in [1.165, 1.54) is 0 Å². The Labute approximate surface area is 147 Å². The lowest BCUT2D eigenvalue weighted by Crippen LogP contribution is -2.23. The van der Waals surface area contributed by atoms with E-state index < -0.39 is 0 Å². The number of carbonyl (C=O) groups is 1. The summed E-state index contributed by atoms with van der Waals surface area (Å²) in [5, 5.41) is 14.6. The Morgan fingerprint density at radius 3 is 2.67 bits per heavy atom. The van der Waals surface area contributed by atoms with E-state index in [2.05, 4.69) is 20.8 Å². The van der Waals surface area contributed by atoms with Crippen LogP contribution >= 0.6 is 23.2 Å². The molecular weight excluding hydrogens is 351 g/mol. The number of aromatic nitrogens is 2. The third-order valence-electron chi connectivity index (χ3n) is 3.09. The van der Waals surface area contributed by atoms with Crippen molar-refractivity contribution in [1.29, 1.82) is 0 Å². The summed E-state index contributed by atoms with van der Waals surface area (Å²) in [7, 11) is 0. The van der Waals surface area contributed by atoms with Crippen molar-refractivity contribution in [3.8, 4) is 0 Å². The van der Waals surface area contributed by atoms with Gasteiger partial charge < -0.3 is 15.1 Å². The van der Waals surface area contributed by atoms with Crippen molar-refractivity contribution >= 4 is 40.6 Å². The summed E-state index contributed by atoms with van der Waals surface area (Å²) in [6, 6.07) is 11.8. The van der Waals surface area contributed by atoms with Gasteiger partial charge in [-0.15, -0.1) is 10.2 Å². The average Bonchev–Trinajstić information content (AvgIpc) is 3.09. The maximum absolute atomic E-state index is 12.0. The number of carbonyl (C=O) groups excluding carboxylic acids is 1. The molecule has 24 heavy (non-hydrogen) atoms. The summed E-state index contributed by atoms with van der Waals surface area (Å²) < 4.78 is 5.14. The fourth-order valence-electron chi connectivity index (χ4n) is 1.92. The normalized spacial score (nSPS) is 10.4. The lowest BCUT2D eigenvalue weighted by Gasteiger charge is -2.08. The average molecular weight is 363 g/mol. The second-order valence-electron chi connectivity index (χ2n) is 4.82. The summed E-state index contributed by atoms with van der Waals surface area (Å²) in [5.41, 5.74) is 0.847. The van der Waals surface area contributed by atoms with Crippen LogP contribution in [-0.2, 0) is 6.54 Å². The third kappa shape index (κ3) is 4.04. The highest BCUT2D eigenvalue weighted by atomic mass is 35.5. The molecule has 0 unspecified atom stereocenters. The zero-order chi connectivity index (χ0) is 16.9. The van der Waals surface area contributed by atoms with Gasteiger partial charge in [0.05, 0.1) is 23.5 Å². The number of hydrogen-bond acceptors (Lipinski definition) is 5. The Morgan fingerprint density at radius 2 is 2.00 bits per heavy atom. The van der Waals surface area contributed by atoms with E-state index in [1.54, 1.807) is 48.7 Å². The smallest absolute Gasteiger partial charge is 0.272 e. The van der Waals surface area contributed by atoms with Gasteiger partial charge in [-0.25, -0.2) is 0 Å². The maximum atomic E-state index is 12.0. The van der Waals surface area contributed by atoms with E-state index >= 15 is 0 Å². The van der Waals surface area contributed by atoms with Gasteiger partial charge >= 0.3 is 0 Å². The fourth-order valence-corrected chi connectivity index (χ4v) is 2.38. The van der Waals surface area contributed by atoms with Gasteiger partial charge in [-0.3, -0.25) is 4.79 Å². The monoisotopic (exact) mass is 362 g/mol. The second-order valence-corrected chi connectivity index (χ2v) is 5.66. The molecule has 0 bridgehead atoms. The minimum absolute atomic E-state index is 0.203. The number of furan rings is 1. The third-order valence-corrected chi connectivity index (χ3v) is 3.64. The van der Waals surface area contributed by atoms with E-state index in [1.807, 2.05) is 0 Å². The molecule has 3 rings (SSSR count). The Kier molecular flexibility index (Phi) is 4.98. The molecular formula is C16H12Cl2N4O2. The Hall–Kier alpha value is -2.57. The van der Waals surface area contributed by atoms with E-state index in [0.29, 0.717) is 27.3 Å². The van der Waals surface area contributed by atoms with E-state index in [4.69, 9.17) is 27.6 Å². The van der Waals surface area contributed by atoms with Gasteiger partial charge in [0.15, 0.2) is 11.5 Å². The first-order chi connectivity index (χ1) is 11.6. The molecule has 122 valence electrons. The molecule has 0 aliphatic rings. The molecule has 0 radical (unpaired) electrons. The molecule has 0 saturated carbocycles. The number of halogens is 2. The lowest BCUT2D eigenvalue weighted by molar-refractivity contribution is 0.0942. The molecule has 0 spiro atoms. The van der Waals surface area contributed by atoms with Crippen molar-refractivity contribution in [3.05, 3.63) is 70.2 Å². The first-order valence-corrected chi connectivity index (χ1v) is 7.74. The number of rotatable bonds is 5. The van der Waals surface area contributed by atoms with Crippen LogP contribution in [0.1, 0.15) is 16.2 Å². The largest absolute Gasteiger partial charge is 0.467 e. The van der Waals surface area contributed by atoms with Gasteiger partial charge in [0, 0.05) is 5.02 Å². The van der Waals surface area contributed by atoms with Gasteiger partial charge in [0.25, 0.3) is 5.91 Å². The van der Waals surface area contributed by atoms with Crippen molar-refractivity contribution in [3.63, 3.8) is 0 Å². The lowest BCUT2D eigenvalue weighted by atomic mass is 10.3. The predicted octanol–water partition coefficient (Wildman–Crippen LogP) is 4.05. The SMILES string of the molecule is O=C(NCc1ccco1)c1ccc(Nc2ccc(Cl)cc2Cl)nn1. The van der Waals surface area contributed by atoms with E-state index in [-0.39, 0.29) is 18.1 Å². The molecule has 1 amide bonds. The number of nitrogens with one attached hydrogen (secondary N) is 2. The zero-order valence-electron chi connectivity index (χ0n) is 12.3. The summed E-state index contributed by atoms with van der Waals surface area (Å²) in [4.78, 5) is 12.0. The fraction of sp³-hybridized carbons (Fsp3) is 0.0625. The van der Waals surface area contributed by atoms with Crippen LogP contribution in [0.15, 0.2) is 53.1 Å². The van der Waals surface area contributed by atoms with Crippen LogP contribution < -0.4 is 10.6 Å². The van der Waals surface area contributed by atoms with Crippen LogP contribution in [0.3, 0.4) is 0 Å². The molecule has 0 aliphatic carbocycles. The van der Waals surface area contributed by atoms with E-state index in [0.717, 1.165) is 0 Å². The maximum Gasteiger partial charge on any atom is 0.272 e. The van der Waals surface area contributed by atoms with Gasteiger partial charge in [-0.05, 0) is 42.5 Å². The molecule has 2 N–H and O–H groups in total. The highest BCUT2D eigenvalue weighted by Gasteiger charge is 2.09. The number of amides is 1. The Morgan fingerprint density at radius 1 is 1.12 bits per heavy atom. The minimum atomic E-state index is -0.338. The Bertz CT molecular complexity index is 836. The highest BCUT2D eigenvalue weighted by molar-refractivity contribution is 6.36. The molecule has 0 saturated heterocycles. The topological polar surface area (TPSA) is 80.0 Å². The van der Waals surface area contributed by atoms with Crippen LogP contribution in [-0.4, -0.2) is 16.1 Å². The van der Waals surface area contributed by atoms with Crippen LogP contribution in [0.5, 0.6) is 0 Å². The van der Waals surface area contributed by atoms with Crippen molar-refractivity contribution in [2.75, 3.05) is 5.32 Å². The quantitative estimate of drug-likeness (QED) is 0.715. The van der Waals surface area contributed by atoms with Crippen molar-refractivity contribution in [2.45, 2.75) is 6.54 Å². The summed E-state index contributed by atoms with van der Waals surface area (Å²) in [5.74, 6) is 0.781. The molecule has 2 aromatic heterocycles. The molecule has 3 aromatic rings. The van der Waals surface area contributed by atoms with Gasteiger partial charge in [0.2, 0.25) is 0 Å². The van der Waals surface area contributed by atoms with Crippen LogP contribution in [0, 0.1) is 0 Å². The summed E-state index contributed by atoms with van der Waals surface area (Å²) in [6.07, 6.45) is 1.55. The highest BCUT2D eigenvalue weighted by Crippen LogP contribution is 2.27. The van der Waals surface area contributed by atoms with Crippen molar-refractivity contribution < 1.29 is 9.21 Å². The number of anilines is 2. The van der Waals surface area contributed by atoms with Gasteiger partial charge in [-0.2, -0.15) is 0 Å². The molecule has 1 aromatic carbocycles. The molecule has 8 heteroatoms. The second kappa shape index (κ2) is 7.33. The van der Waals surface area contributed by atoms with Crippen LogP contribution in [0.2, 0.25) is 10.0 Å². The number of hydrogen-bond donors (Lipinski definition) is 2. The number of nitrogens with zero attached hydrogens (tertiary/aromatic N) is 2. The first kappa shape index (κ1) is 16.3. The molecule has 0 fully saturated rings. The Balaban J connectivity index is 1.63. The van der Waals surface area contributed by atoms with Crippen molar-refractivity contribution in [2.24, 2.45) is 0 Å². The summed E-state index contributed by atoms with van der Waals surface area (Å²) in [6.45, 7) is 0.286. The predicted molar refractivity (Wildman–Crippen MR) is 91.7 cm³/mol.